The average Bonchev–Trinajstić information content (AvgIpc) is 2.69. The van der Waals surface area contributed by atoms with Crippen molar-refractivity contribution >= 4 is 5.97 Å². The van der Waals surface area contributed by atoms with E-state index in [-0.39, 0.29) is 11.2 Å². The molecule has 102 valence electrons. The van der Waals surface area contributed by atoms with E-state index in [0.29, 0.717) is 6.54 Å². The van der Waals surface area contributed by atoms with Crippen LogP contribution in [0.3, 0.4) is 0 Å². The maximum absolute atomic E-state index is 11.2. The topological polar surface area (TPSA) is 53.7 Å². The first-order chi connectivity index (χ1) is 8.29. The quantitative estimate of drug-likeness (QED) is 0.876. The first-order valence-corrected chi connectivity index (χ1v) is 6.38. The van der Waals surface area contributed by atoms with Gasteiger partial charge in [-0.15, -0.1) is 0 Å². The summed E-state index contributed by atoms with van der Waals surface area (Å²) in [5, 5.41) is 9.19. The van der Waals surface area contributed by atoms with Gasteiger partial charge in [-0.2, -0.15) is 0 Å². The van der Waals surface area contributed by atoms with Crippen molar-refractivity contribution in [3.05, 3.63) is 23.2 Å². The zero-order chi connectivity index (χ0) is 13.9. The van der Waals surface area contributed by atoms with Crippen LogP contribution in [0, 0.1) is 0 Å². The predicted molar refractivity (Wildman–Crippen MR) is 71.0 cm³/mol. The number of carboxylic acid groups (broad SMARTS) is 1. The van der Waals surface area contributed by atoms with Gasteiger partial charge in [-0.05, 0) is 19.2 Å². The summed E-state index contributed by atoms with van der Waals surface area (Å²) in [7, 11) is 0. The van der Waals surface area contributed by atoms with Crippen LogP contribution >= 0.6 is 0 Å². The number of aromatic carboxylic acids is 1. The molecule has 0 aliphatic rings. The van der Waals surface area contributed by atoms with Crippen molar-refractivity contribution in [2.45, 2.75) is 46.6 Å². The molecule has 1 heterocycles. The van der Waals surface area contributed by atoms with Gasteiger partial charge in [-0.3, -0.25) is 4.90 Å². The summed E-state index contributed by atoms with van der Waals surface area (Å²) in [6.45, 7) is 12.6. The Labute approximate surface area is 109 Å². The molecule has 1 N–H and O–H groups in total. The molecule has 0 atom stereocenters. The highest BCUT2D eigenvalue weighted by Gasteiger charge is 2.25. The second-order valence-electron chi connectivity index (χ2n) is 5.48. The fraction of sp³-hybridized carbons (Fsp3) is 0.643. The minimum absolute atomic E-state index is 0.0758. The molecule has 0 bridgehead atoms. The van der Waals surface area contributed by atoms with Gasteiger partial charge in [0.1, 0.15) is 5.76 Å². The van der Waals surface area contributed by atoms with E-state index < -0.39 is 5.97 Å². The Balaban J connectivity index is 3.09. The Kier molecular flexibility index (Phi) is 4.57. The normalized spacial score (nSPS) is 12.1. The third-order valence-electron chi connectivity index (χ3n) is 3.03. The Hall–Kier alpha value is -1.29. The van der Waals surface area contributed by atoms with Crippen LogP contribution in [0.5, 0.6) is 0 Å². The van der Waals surface area contributed by atoms with E-state index in [4.69, 9.17) is 4.42 Å². The number of carboxylic acids is 1. The molecular weight excluding hydrogens is 230 g/mol. The zero-order valence-corrected chi connectivity index (χ0v) is 11.9. The van der Waals surface area contributed by atoms with E-state index in [1.54, 1.807) is 0 Å². The minimum Gasteiger partial charge on any atom is -0.475 e. The van der Waals surface area contributed by atoms with Crippen LogP contribution < -0.4 is 0 Å². The van der Waals surface area contributed by atoms with Gasteiger partial charge in [0.05, 0.1) is 0 Å². The van der Waals surface area contributed by atoms with Crippen molar-refractivity contribution in [3.8, 4) is 0 Å². The lowest BCUT2D eigenvalue weighted by molar-refractivity contribution is 0.0655. The van der Waals surface area contributed by atoms with Crippen LogP contribution in [-0.2, 0) is 12.0 Å². The van der Waals surface area contributed by atoms with Crippen LogP contribution in [0.15, 0.2) is 10.5 Å². The third kappa shape index (κ3) is 3.35. The largest absolute Gasteiger partial charge is 0.475 e. The van der Waals surface area contributed by atoms with Crippen LogP contribution in [0.1, 0.15) is 56.5 Å². The Morgan fingerprint density at radius 2 is 1.89 bits per heavy atom. The van der Waals surface area contributed by atoms with Crippen LogP contribution in [0.4, 0.5) is 0 Å². The van der Waals surface area contributed by atoms with E-state index in [9.17, 15) is 9.90 Å². The molecule has 0 saturated carbocycles. The molecule has 0 radical (unpaired) electrons. The summed E-state index contributed by atoms with van der Waals surface area (Å²) >= 11 is 0. The highest BCUT2D eigenvalue weighted by molar-refractivity contribution is 5.86. The highest BCUT2D eigenvalue weighted by Crippen LogP contribution is 2.28. The number of furan rings is 1. The number of rotatable bonds is 5. The van der Waals surface area contributed by atoms with Gasteiger partial charge in [0.2, 0.25) is 5.76 Å². The Bertz CT molecular complexity index is 411. The second-order valence-corrected chi connectivity index (χ2v) is 5.48. The van der Waals surface area contributed by atoms with Crippen LogP contribution in [-0.4, -0.2) is 29.1 Å². The molecule has 0 saturated heterocycles. The molecule has 0 unspecified atom stereocenters. The molecule has 0 aliphatic carbocycles. The molecule has 1 rings (SSSR count). The number of hydrogen-bond donors (Lipinski definition) is 1. The second kappa shape index (κ2) is 5.57. The van der Waals surface area contributed by atoms with E-state index in [1.165, 1.54) is 0 Å². The molecule has 0 amide bonds. The molecule has 0 spiro atoms. The van der Waals surface area contributed by atoms with Crippen molar-refractivity contribution < 1.29 is 14.3 Å². The lowest BCUT2D eigenvalue weighted by Gasteiger charge is -2.17. The van der Waals surface area contributed by atoms with Crippen LogP contribution in [0.2, 0.25) is 0 Å². The van der Waals surface area contributed by atoms with Gasteiger partial charge < -0.3 is 9.52 Å². The summed E-state index contributed by atoms with van der Waals surface area (Å²) in [6.07, 6.45) is 0. The van der Waals surface area contributed by atoms with Gasteiger partial charge in [-0.1, -0.05) is 34.6 Å². The van der Waals surface area contributed by atoms with Gasteiger partial charge in [0.15, 0.2) is 0 Å². The number of hydrogen-bond acceptors (Lipinski definition) is 3. The van der Waals surface area contributed by atoms with Gasteiger partial charge in [0.25, 0.3) is 0 Å². The minimum atomic E-state index is -0.993. The lowest BCUT2D eigenvalue weighted by Crippen LogP contribution is -2.22. The van der Waals surface area contributed by atoms with Crippen molar-refractivity contribution in [2.75, 3.05) is 13.1 Å². The standard InChI is InChI=1S/C14H23NO3/c1-6-15(7-2)9-10-8-11(14(3,4)5)18-12(10)13(16)17/h8H,6-7,9H2,1-5H3,(H,16,17). The Morgan fingerprint density at radius 1 is 1.33 bits per heavy atom. The van der Waals surface area contributed by atoms with E-state index in [0.717, 1.165) is 24.4 Å². The Morgan fingerprint density at radius 3 is 2.28 bits per heavy atom. The molecule has 0 fully saturated rings. The first-order valence-electron chi connectivity index (χ1n) is 6.38. The number of carbonyl (C=O) groups is 1. The molecule has 1 aromatic heterocycles. The summed E-state index contributed by atoms with van der Waals surface area (Å²) in [4.78, 5) is 13.4. The fourth-order valence-corrected chi connectivity index (χ4v) is 1.78. The summed E-state index contributed by atoms with van der Waals surface area (Å²) < 4.78 is 5.50. The molecule has 1 aromatic rings. The number of nitrogens with zero attached hydrogens (tertiary/aromatic N) is 1. The van der Waals surface area contributed by atoms with E-state index >= 15 is 0 Å². The molecule has 0 aromatic carbocycles. The average molecular weight is 253 g/mol. The monoisotopic (exact) mass is 253 g/mol. The SMILES string of the molecule is CCN(CC)Cc1cc(C(C)(C)C)oc1C(=O)O. The maximum Gasteiger partial charge on any atom is 0.372 e. The smallest absolute Gasteiger partial charge is 0.372 e. The highest BCUT2D eigenvalue weighted by atomic mass is 16.4. The third-order valence-corrected chi connectivity index (χ3v) is 3.03. The lowest BCUT2D eigenvalue weighted by atomic mass is 9.93. The molecule has 18 heavy (non-hydrogen) atoms. The van der Waals surface area contributed by atoms with Crippen molar-refractivity contribution in [1.82, 2.24) is 4.90 Å². The molecule has 4 nitrogen and oxygen atoms in total. The van der Waals surface area contributed by atoms with Gasteiger partial charge in [-0.25, -0.2) is 4.79 Å². The summed E-state index contributed by atoms with van der Waals surface area (Å²) in [6, 6.07) is 1.88. The van der Waals surface area contributed by atoms with E-state index in [1.807, 2.05) is 26.8 Å². The van der Waals surface area contributed by atoms with Crippen molar-refractivity contribution in [2.24, 2.45) is 0 Å². The van der Waals surface area contributed by atoms with Gasteiger partial charge >= 0.3 is 5.97 Å². The molecular formula is C14H23NO3. The van der Waals surface area contributed by atoms with Crippen molar-refractivity contribution in [1.29, 1.82) is 0 Å². The van der Waals surface area contributed by atoms with Crippen molar-refractivity contribution in [3.63, 3.8) is 0 Å². The maximum atomic E-state index is 11.2. The van der Waals surface area contributed by atoms with Crippen LogP contribution in [0.25, 0.3) is 0 Å². The van der Waals surface area contributed by atoms with E-state index in [2.05, 4.69) is 18.7 Å². The van der Waals surface area contributed by atoms with Gasteiger partial charge in [0, 0.05) is 17.5 Å². The summed E-state index contributed by atoms with van der Waals surface area (Å²) in [5.41, 5.74) is 0.585. The first kappa shape index (κ1) is 14.8. The zero-order valence-electron chi connectivity index (χ0n) is 11.9. The molecule has 4 heteroatoms. The molecule has 0 aliphatic heterocycles. The fourth-order valence-electron chi connectivity index (χ4n) is 1.78. The summed E-state index contributed by atoms with van der Waals surface area (Å²) in [5.74, 6) is -0.193. The predicted octanol–water partition coefficient (Wildman–Crippen LogP) is 3.12.